The molecule has 24 heavy (non-hydrogen) atoms. The maximum absolute atomic E-state index is 4.76. The average Bonchev–Trinajstić information content (AvgIpc) is 3.12. The van der Waals surface area contributed by atoms with E-state index in [4.69, 9.17) is 4.98 Å². The summed E-state index contributed by atoms with van der Waals surface area (Å²) in [4.78, 5) is 9.40. The highest BCUT2D eigenvalue weighted by Crippen LogP contribution is 2.30. The predicted molar refractivity (Wildman–Crippen MR) is 108 cm³/mol. The van der Waals surface area contributed by atoms with E-state index < -0.39 is 0 Å². The molecule has 120 valence electrons. The summed E-state index contributed by atoms with van der Waals surface area (Å²) in [6.45, 7) is 4.12. The highest BCUT2D eigenvalue weighted by atomic mass is 127. The summed E-state index contributed by atoms with van der Waals surface area (Å²) in [6.07, 6.45) is 2.11. The number of hydrogen-bond donors (Lipinski definition) is 1. The van der Waals surface area contributed by atoms with Crippen LogP contribution in [0, 0.1) is 17.4 Å². The minimum atomic E-state index is 0.883. The molecule has 0 radical (unpaired) electrons. The van der Waals surface area contributed by atoms with Crippen molar-refractivity contribution in [3.8, 4) is 11.4 Å². The second-order valence-corrected chi connectivity index (χ2v) is 7.75. The number of fused-ring (bicyclic) bond motifs is 1. The molecule has 0 aliphatic carbocycles. The summed E-state index contributed by atoms with van der Waals surface area (Å²) >= 11 is 3.91. The Labute approximate surface area is 157 Å². The number of anilines is 2. The Hall–Kier alpha value is -1.93. The van der Waals surface area contributed by atoms with Gasteiger partial charge in [-0.2, -0.15) is 0 Å². The van der Waals surface area contributed by atoms with Crippen molar-refractivity contribution in [3.05, 3.63) is 62.8 Å². The van der Waals surface area contributed by atoms with Crippen LogP contribution in [-0.4, -0.2) is 14.4 Å². The first-order valence-electron chi connectivity index (χ1n) is 7.54. The Morgan fingerprint density at radius 2 is 1.83 bits per heavy atom. The molecule has 0 bridgehead atoms. The Bertz CT molecular complexity index is 1020. The van der Waals surface area contributed by atoms with Gasteiger partial charge in [0, 0.05) is 20.8 Å². The molecule has 4 aromatic rings. The van der Waals surface area contributed by atoms with Crippen LogP contribution in [0.3, 0.4) is 0 Å². The zero-order chi connectivity index (χ0) is 16.7. The Morgan fingerprint density at radius 3 is 2.62 bits per heavy atom. The topological polar surface area (TPSA) is 42.2 Å². The van der Waals surface area contributed by atoms with E-state index in [1.165, 1.54) is 9.13 Å². The highest BCUT2D eigenvalue weighted by Gasteiger charge is 2.14. The number of aryl methyl sites for hydroxylation is 2. The molecule has 0 spiro atoms. The van der Waals surface area contributed by atoms with Crippen LogP contribution in [0.15, 0.2) is 48.0 Å². The van der Waals surface area contributed by atoms with Crippen molar-refractivity contribution in [2.45, 2.75) is 13.8 Å². The second-order valence-electron chi connectivity index (χ2n) is 5.65. The van der Waals surface area contributed by atoms with Crippen molar-refractivity contribution >= 4 is 50.4 Å². The number of nitrogens with zero attached hydrogens (tertiary/aromatic N) is 3. The maximum atomic E-state index is 4.76. The quantitative estimate of drug-likeness (QED) is 0.428. The van der Waals surface area contributed by atoms with Crippen LogP contribution < -0.4 is 5.32 Å². The Kier molecular flexibility index (Phi) is 4.01. The van der Waals surface area contributed by atoms with Crippen LogP contribution in [0.5, 0.6) is 0 Å². The van der Waals surface area contributed by atoms with Gasteiger partial charge in [-0.1, -0.05) is 6.07 Å². The number of pyridine rings is 1. The molecule has 0 unspecified atom stereocenters. The molecule has 1 aromatic carbocycles. The molecule has 1 N–H and O–H groups in total. The molecular weight excluding hydrogens is 431 g/mol. The minimum Gasteiger partial charge on any atom is -0.332 e. The highest BCUT2D eigenvalue weighted by molar-refractivity contribution is 14.1. The summed E-state index contributed by atoms with van der Waals surface area (Å²) < 4.78 is 3.34. The molecule has 4 nitrogen and oxygen atoms in total. The third kappa shape index (κ3) is 2.91. The monoisotopic (exact) mass is 446 g/mol. The van der Waals surface area contributed by atoms with Gasteiger partial charge in [0.2, 0.25) is 0 Å². The number of thiazole rings is 1. The number of halogens is 1. The number of rotatable bonds is 3. The summed E-state index contributed by atoms with van der Waals surface area (Å²) in [5, 5.41) is 6.33. The number of nitrogens with one attached hydrogen (secondary N) is 1. The van der Waals surface area contributed by atoms with Gasteiger partial charge in [0.25, 0.3) is 0 Å². The van der Waals surface area contributed by atoms with E-state index in [2.05, 4.69) is 86.1 Å². The predicted octanol–water partition coefficient (Wildman–Crippen LogP) is 5.42. The smallest absolute Gasteiger partial charge is 0.187 e. The van der Waals surface area contributed by atoms with Gasteiger partial charge in [-0.15, -0.1) is 11.3 Å². The van der Waals surface area contributed by atoms with Gasteiger partial charge in [-0.25, -0.2) is 9.97 Å². The fraction of sp³-hybridized carbons (Fsp3) is 0.111. The van der Waals surface area contributed by atoms with Crippen LogP contribution in [-0.2, 0) is 0 Å². The maximum Gasteiger partial charge on any atom is 0.187 e. The average molecular weight is 446 g/mol. The number of benzene rings is 1. The van der Waals surface area contributed by atoms with Gasteiger partial charge in [0.15, 0.2) is 5.13 Å². The van der Waals surface area contributed by atoms with Crippen molar-refractivity contribution in [2.75, 3.05) is 5.32 Å². The van der Waals surface area contributed by atoms with E-state index in [-0.39, 0.29) is 0 Å². The van der Waals surface area contributed by atoms with Gasteiger partial charge in [0.05, 0.1) is 11.4 Å². The summed E-state index contributed by atoms with van der Waals surface area (Å²) in [5.41, 5.74) is 6.19. The first kappa shape index (κ1) is 15.6. The number of hydrogen-bond acceptors (Lipinski definition) is 4. The summed E-state index contributed by atoms with van der Waals surface area (Å²) in [7, 11) is 0. The van der Waals surface area contributed by atoms with E-state index in [1.54, 1.807) is 11.3 Å². The van der Waals surface area contributed by atoms with E-state index in [1.807, 2.05) is 13.0 Å². The van der Waals surface area contributed by atoms with Crippen LogP contribution in [0.1, 0.15) is 11.3 Å². The van der Waals surface area contributed by atoms with E-state index >= 15 is 0 Å². The molecule has 0 saturated carbocycles. The first-order chi connectivity index (χ1) is 11.6. The second kappa shape index (κ2) is 6.18. The zero-order valence-corrected chi connectivity index (χ0v) is 16.2. The fourth-order valence-electron chi connectivity index (χ4n) is 2.67. The van der Waals surface area contributed by atoms with Gasteiger partial charge in [0.1, 0.15) is 11.3 Å². The SMILES string of the molecule is Cc1ccc2nc(C)c(-c3csc(Nc4ccc(I)cc4)n3)n2c1. The summed E-state index contributed by atoms with van der Waals surface area (Å²) in [6, 6.07) is 12.4. The van der Waals surface area contributed by atoms with Crippen molar-refractivity contribution in [2.24, 2.45) is 0 Å². The van der Waals surface area contributed by atoms with Gasteiger partial charge < -0.3 is 5.32 Å². The fourth-order valence-corrected chi connectivity index (χ4v) is 3.75. The van der Waals surface area contributed by atoms with Crippen molar-refractivity contribution < 1.29 is 0 Å². The molecule has 0 fully saturated rings. The molecule has 0 aliphatic heterocycles. The normalized spacial score (nSPS) is 11.1. The molecule has 6 heteroatoms. The van der Waals surface area contributed by atoms with Gasteiger partial charge in [-0.05, 0) is 72.3 Å². The lowest BCUT2D eigenvalue weighted by atomic mass is 10.2. The Morgan fingerprint density at radius 1 is 1.04 bits per heavy atom. The standard InChI is InChI=1S/C18H15IN4S/c1-11-3-8-16-20-12(2)17(23(16)9-11)15-10-24-18(22-15)21-14-6-4-13(19)5-7-14/h3-10H,1-2H3,(H,21,22). The minimum absolute atomic E-state index is 0.883. The molecule has 4 rings (SSSR count). The van der Waals surface area contributed by atoms with Crippen LogP contribution in [0.2, 0.25) is 0 Å². The van der Waals surface area contributed by atoms with Crippen molar-refractivity contribution in [1.29, 1.82) is 0 Å². The van der Waals surface area contributed by atoms with E-state index in [9.17, 15) is 0 Å². The first-order valence-corrected chi connectivity index (χ1v) is 9.50. The van der Waals surface area contributed by atoms with Crippen LogP contribution >= 0.6 is 33.9 Å². The molecule has 3 aromatic heterocycles. The molecular formula is C18H15IN4S. The lowest BCUT2D eigenvalue weighted by molar-refractivity contribution is 1.15. The third-order valence-corrected chi connectivity index (χ3v) is 5.26. The molecule has 0 aliphatic rings. The lowest BCUT2D eigenvalue weighted by Crippen LogP contribution is -1.92. The van der Waals surface area contributed by atoms with Crippen molar-refractivity contribution in [1.82, 2.24) is 14.4 Å². The number of imidazole rings is 1. The number of aromatic nitrogens is 3. The van der Waals surface area contributed by atoms with E-state index in [0.29, 0.717) is 0 Å². The third-order valence-electron chi connectivity index (χ3n) is 3.78. The van der Waals surface area contributed by atoms with Gasteiger partial charge >= 0.3 is 0 Å². The zero-order valence-electron chi connectivity index (χ0n) is 13.2. The van der Waals surface area contributed by atoms with Crippen LogP contribution in [0.25, 0.3) is 17.0 Å². The molecule has 0 amide bonds. The van der Waals surface area contributed by atoms with Crippen molar-refractivity contribution in [3.63, 3.8) is 0 Å². The molecule has 3 heterocycles. The molecule has 0 saturated heterocycles. The summed E-state index contributed by atoms with van der Waals surface area (Å²) in [5.74, 6) is 0. The lowest BCUT2D eigenvalue weighted by Gasteiger charge is -2.03. The molecule has 0 atom stereocenters. The Balaban J connectivity index is 1.71. The largest absolute Gasteiger partial charge is 0.332 e. The van der Waals surface area contributed by atoms with E-state index in [0.717, 1.165) is 33.5 Å². The van der Waals surface area contributed by atoms with Crippen LogP contribution in [0.4, 0.5) is 10.8 Å². The van der Waals surface area contributed by atoms with Gasteiger partial charge in [-0.3, -0.25) is 4.40 Å².